The summed E-state index contributed by atoms with van der Waals surface area (Å²) in [6, 6.07) is 3.67. The predicted molar refractivity (Wildman–Crippen MR) is 77.3 cm³/mol. The molecule has 1 amide bonds. The fraction of sp³-hybridized carbons (Fsp3) is 0.571. The van der Waals surface area contributed by atoms with Gasteiger partial charge in [-0.2, -0.15) is 13.2 Å². The minimum absolute atomic E-state index is 0.0196. The standard InChI is InChI=1S/C14H19F3N4O/c1-2-9-3-4-11(12(18)20-9)19-10-5-7-21(8-6-10)13(22)14(15,16)17/h3-4,10,19H,2,5-8H2,1H3,(H2,18,20). The van der Waals surface area contributed by atoms with Crippen molar-refractivity contribution in [2.45, 2.75) is 38.4 Å². The highest BCUT2D eigenvalue weighted by atomic mass is 19.4. The fourth-order valence-electron chi connectivity index (χ4n) is 2.46. The number of rotatable bonds is 3. The average Bonchev–Trinajstić information content (AvgIpc) is 2.48. The number of hydrogen-bond acceptors (Lipinski definition) is 4. The number of piperidine rings is 1. The molecule has 0 aliphatic carbocycles. The summed E-state index contributed by atoms with van der Waals surface area (Å²) in [6.45, 7) is 2.13. The molecule has 3 N–H and O–H groups in total. The molecule has 1 aliphatic heterocycles. The molecular weight excluding hydrogens is 297 g/mol. The van der Waals surface area contributed by atoms with Crippen LogP contribution in [0.5, 0.6) is 0 Å². The second kappa shape index (κ2) is 6.41. The van der Waals surface area contributed by atoms with Gasteiger partial charge in [-0.05, 0) is 31.4 Å². The Labute approximate surface area is 126 Å². The van der Waals surface area contributed by atoms with Crippen LogP contribution >= 0.6 is 0 Å². The monoisotopic (exact) mass is 316 g/mol. The molecule has 5 nitrogen and oxygen atoms in total. The first-order chi connectivity index (χ1) is 10.3. The van der Waals surface area contributed by atoms with Crippen molar-refractivity contribution in [3.05, 3.63) is 17.8 Å². The smallest absolute Gasteiger partial charge is 0.382 e. The lowest BCUT2D eigenvalue weighted by molar-refractivity contribution is -0.186. The number of pyridine rings is 1. The van der Waals surface area contributed by atoms with Gasteiger partial charge in [-0.25, -0.2) is 4.98 Å². The van der Waals surface area contributed by atoms with Gasteiger partial charge in [0.05, 0.1) is 5.69 Å². The molecule has 0 bridgehead atoms. The summed E-state index contributed by atoms with van der Waals surface area (Å²) in [6.07, 6.45) is -3.14. The Hall–Kier alpha value is -1.99. The van der Waals surface area contributed by atoms with E-state index in [2.05, 4.69) is 10.3 Å². The highest BCUT2D eigenvalue weighted by molar-refractivity contribution is 5.82. The number of nitrogens with zero attached hydrogens (tertiary/aromatic N) is 2. The van der Waals surface area contributed by atoms with E-state index in [-0.39, 0.29) is 19.1 Å². The molecule has 1 aliphatic rings. The molecule has 8 heteroatoms. The van der Waals surface area contributed by atoms with Crippen LogP contribution < -0.4 is 11.1 Å². The van der Waals surface area contributed by atoms with Gasteiger partial charge < -0.3 is 16.0 Å². The van der Waals surface area contributed by atoms with E-state index in [1.165, 1.54) is 0 Å². The lowest BCUT2D eigenvalue weighted by Crippen LogP contribution is -2.47. The molecule has 122 valence electrons. The van der Waals surface area contributed by atoms with E-state index in [0.717, 1.165) is 17.0 Å². The number of carbonyl (C=O) groups is 1. The number of nitrogen functional groups attached to an aromatic ring is 1. The normalized spacial score (nSPS) is 16.6. The second-order valence-corrected chi connectivity index (χ2v) is 5.30. The maximum atomic E-state index is 12.4. The number of nitrogens with one attached hydrogen (secondary N) is 1. The number of aromatic nitrogens is 1. The van der Waals surface area contributed by atoms with Crippen LogP contribution in [0.3, 0.4) is 0 Å². The van der Waals surface area contributed by atoms with Crippen molar-refractivity contribution in [2.75, 3.05) is 24.1 Å². The van der Waals surface area contributed by atoms with Gasteiger partial charge in [0.1, 0.15) is 5.82 Å². The Kier molecular flexibility index (Phi) is 4.77. The molecule has 0 saturated carbocycles. The van der Waals surface area contributed by atoms with Crippen LogP contribution in [0, 0.1) is 0 Å². The van der Waals surface area contributed by atoms with Crippen LogP contribution in [0.15, 0.2) is 12.1 Å². The minimum atomic E-state index is -4.80. The Morgan fingerprint density at radius 1 is 1.41 bits per heavy atom. The lowest BCUT2D eigenvalue weighted by atomic mass is 10.0. The summed E-state index contributed by atoms with van der Waals surface area (Å²) in [5.41, 5.74) is 7.42. The SMILES string of the molecule is CCc1ccc(NC2CCN(C(=O)C(F)(F)F)CC2)c(N)n1. The zero-order chi connectivity index (χ0) is 16.3. The number of nitrogens with two attached hydrogens (primary N) is 1. The second-order valence-electron chi connectivity index (χ2n) is 5.30. The fourth-order valence-corrected chi connectivity index (χ4v) is 2.46. The zero-order valence-corrected chi connectivity index (χ0v) is 12.3. The van der Waals surface area contributed by atoms with Crippen molar-refractivity contribution in [3.63, 3.8) is 0 Å². The Bertz CT molecular complexity index is 539. The topological polar surface area (TPSA) is 71.2 Å². The average molecular weight is 316 g/mol. The van der Waals surface area contributed by atoms with Crippen molar-refractivity contribution in [1.29, 1.82) is 0 Å². The van der Waals surface area contributed by atoms with Crippen molar-refractivity contribution < 1.29 is 18.0 Å². The van der Waals surface area contributed by atoms with E-state index in [1.54, 1.807) is 0 Å². The van der Waals surface area contributed by atoms with Crippen molar-refractivity contribution in [3.8, 4) is 0 Å². The van der Waals surface area contributed by atoms with Crippen LogP contribution in [0.2, 0.25) is 0 Å². The van der Waals surface area contributed by atoms with Crippen LogP contribution in [0.4, 0.5) is 24.7 Å². The molecule has 0 unspecified atom stereocenters. The van der Waals surface area contributed by atoms with E-state index < -0.39 is 12.1 Å². The zero-order valence-electron chi connectivity index (χ0n) is 12.3. The highest BCUT2D eigenvalue weighted by Crippen LogP contribution is 2.24. The third kappa shape index (κ3) is 3.80. The third-order valence-electron chi connectivity index (χ3n) is 3.73. The predicted octanol–water partition coefficient (Wildman–Crippen LogP) is 2.19. The van der Waals surface area contributed by atoms with Crippen molar-refractivity contribution in [2.24, 2.45) is 0 Å². The van der Waals surface area contributed by atoms with Gasteiger partial charge in [0.2, 0.25) is 0 Å². The first kappa shape index (κ1) is 16.4. The molecule has 0 aromatic carbocycles. The van der Waals surface area contributed by atoms with Crippen molar-refractivity contribution in [1.82, 2.24) is 9.88 Å². The Morgan fingerprint density at radius 2 is 2.05 bits per heavy atom. The quantitative estimate of drug-likeness (QED) is 0.897. The summed E-state index contributed by atoms with van der Waals surface area (Å²) in [5, 5.41) is 3.19. The molecule has 22 heavy (non-hydrogen) atoms. The van der Waals surface area contributed by atoms with Gasteiger partial charge in [-0.1, -0.05) is 6.92 Å². The van der Waals surface area contributed by atoms with Crippen LogP contribution in [-0.2, 0) is 11.2 Å². The highest BCUT2D eigenvalue weighted by Gasteiger charge is 2.43. The first-order valence-electron chi connectivity index (χ1n) is 7.19. The van der Waals surface area contributed by atoms with Crippen LogP contribution in [0.25, 0.3) is 0 Å². The largest absolute Gasteiger partial charge is 0.471 e. The van der Waals surface area contributed by atoms with E-state index in [1.807, 2.05) is 19.1 Å². The van der Waals surface area contributed by atoms with Gasteiger partial charge in [0.25, 0.3) is 0 Å². The number of likely N-dealkylation sites (tertiary alicyclic amines) is 1. The molecule has 2 heterocycles. The molecule has 1 aromatic rings. The van der Waals surface area contributed by atoms with Gasteiger partial charge in [0, 0.05) is 24.8 Å². The minimum Gasteiger partial charge on any atom is -0.382 e. The van der Waals surface area contributed by atoms with Gasteiger partial charge in [-0.3, -0.25) is 4.79 Å². The lowest BCUT2D eigenvalue weighted by Gasteiger charge is -2.33. The number of carbonyl (C=O) groups excluding carboxylic acids is 1. The van der Waals surface area contributed by atoms with E-state index >= 15 is 0 Å². The number of amides is 1. The summed E-state index contributed by atoms with van der Waals surface area (Å²) in [4.78, 5) is 16.2. The van der Waals surface area contributed by atoms with Gasteiger partial charge in [-0.15, -0.1) is 0 Å². The van der Waals surface area contributed by atoms with Crippen molar-refractivity contribution >= 4 is 17.4 Å². The molecule has 1 aromatic heterocycles. The maximum Gasteiger partial charge on any atom is 0.471 e. The van der Waals surface area contributed by atoms with Crippen LogP contribution in [0.1, 0.15) is 25.5 Å². The third-order valence-corrected chi connectivity index (χ3v) is 3.73. The molecule has 0 atom stereocenters. The maximum absolute atomic E-state index is 12.4. The van der Waals surface area contributed by atoms with E-state index in [0.29, 0.717) is 24.3 Å². The van der Waals surface area contributed by atoms with E-state index in [4.69, 9.17) is 5.73 Å². The van der Waals surface area contributed by atoms with Gasteiger partial charge >= 0.3 is 12.1 Å². The first-order valence-corrected chi connectivity index (χ1v) is 7.19. The number of aryl methyl sites for hydroxylation is 1. The summed E-state index contributed by atoms with van der Waals surface area (Å²) < 4.78 is 37.1. The Morgan fingerprint density at radius 3 is 2.55 bits per heavy atom. The molecule has 2 rings (SSSR count). The number of halogens is 3. The Balaban J connectivity index is 1.91. The molecule has 1 saturated heterocycles. The van der Waals surface area contributed by atoms with E-state index in [9.17, 15) is 18.0 Å². The molecule has 1 fully saturated rings. The molecule has 0 radical (unpaired) electrons. The number of anilines is 2. The number of alkyl halides is 3. The van der Waals surface area contributed by atoms with Gasteiger partial charge in [0.15, 0.2) is 0 Å². The summed E-state index contributed by atoms with van der Waals surface area (Å²) >= 11 is 0. The summed E-state index contributed by atoms with van der Waals surface area (Å²) in [5.74, 6) is -1.38. The molecule has 0 spiro atoms. The molecular formula is C14H19F3N4O. The number of hydrogen-bond donors (Lipinski definition) is 2. The summed E-state index contributed by atoms with van der Waals surface area (Å²) in [7, 11) is 0. The van der Waals surface area contributed by atoms with Crippen LogP contribution in [-0.4, -0.2) is 41.1 Å².